The first-order valence-corrected chi connectivity index (χ1v) is 7.37. The molecule has 2 unspecified atom stereocenters. The summed E-state index contributed by atoms with van der Waals surface area (Å²) in [6.45, 7) is 1.81. The Morgan fingerprint density at radius 1 is 1.40 bits per heavy atom. The Balaban J connectivity index is 2.35. The second-order valence-electron chi connectivity index (χ2n) is 4.73. The fourth-order valence-corrected chi connectivity index (χ4v) is 3.37. The van der Waals surface area contributed by atoms with Crippen LogP contribution in [0.25, 0.3) is 0 Å². The van der Waals surface area contributed by atoms with Crippen molar-refractivity contribution >= 4 is 23.1 Å². The van der Waals surface area contributed by atoms with Gasteiger partial charge in [0.05, 0.1) is 11.4 Å². The van der Waals surface area contributed by atoms with Gasteiger partial charge < -0.3 is 15.4 Å². The fraction of sp³-hybridized carbons (Fsp3) is 0.538. The molecule has 0 radical (unpaired) electrons. The van der Waals surface area contributed by atoms with Crippen LogP contribution in [0.2, 0.25) is 0 Å². The van der Waals surface area contributed by atoms with Gasteiger partial charge in [-0.2, -0.15) is 20.5 Å². The molecule has 0 amide bonds. The van der Waals surface area contributed by atoms with Crippen LogP contribution in [0.5, 0.6) is 5.75 Å². The van der Waals surface area contributed by atoms with E-state index in [2.05, 4.69) is 11.7 Å². The molecule has 2 rings (SSSR count). The first kappa shape index (κ1) is 15.2. The monoisotopic (exact) mass is 306 g/mol. The van der Waals surface area contributed by atoms with E-state index in [1.165, 1.54) is 6.07 Å². The fourth-order valence-electron chi connectivity index (χ4n) is 2.27. The Hall–Kier alpha value is -1.24. The molecule has 2 atom stereocenters. The number of hydrogen-bond acceptors (Lipinski definition) is 4. The van der Waals surface area contributed by atoms with E-state index in [0.717, 1.165) is 18.4 Å². The van der Waals surface area contributed by atoms with Crippen LogP contribution in [0.3, 0.4) is 0 Å². The zero-order valence-electron chi connectivity index (χ0n) is 11.3. The predicted molar refractivity (Wildman–Crippen MR) is 76.2 cm³/mol. The third-order valence-corrected chi connectivity index (χ3v) is 4.83. The van der Waals surface area contributed by atoms with Gasteiger partial charge in [0, 0.05) is 35.7 Å². The van der Waals surface area contributed by atoms with Gasteiger partial charge in [-0.25, -0.2) is 4.39 Å². The molecule has 7 heteroatoms. The molecule has 1 aromatic carbocycles. The number of rotatable bonds is 3. The Morgan fingerprint density at radius 2 is 2.10 bits per heavy atom. The summed E-state index contributed by atoms with van der Waals surface area (Å²) in [7, 11) is 0. The van der Waals surface area contributed by atoms with Crippen molar-refractivity contribution in [1.82, 2.24) is 0 Å². The summed E-state index contributed by atoms with van der Waals surface area (Å²) < 4.78 is 42.3. The van der Waals surface area contributed by atoms with Crippen molar-refractivity contribution < 1.29 is 17.9 Å². The van der Waals surface area contributed by atoms with Gasteiger partial charge in [-0.05, 0) is 6.92 Å². The highest BCUT2D eigenvalue weighted by Gasteiger charge is 2.27. The van der Waals surface area contributed by atoms with Gasteiger partial charge in [0.2, 0.25) is 0 Å². The van der Waals surface area contributed by atoms with Gasteiger partial charge in [0.1, 0.15) is 0 Å². The minimum absolute atomic E-state index is 0.181. The number of hydrogen-bond donors (Lipinski definition) is 1. The molecule has 1 aliphatic rings. The largest absolute Gasteiger partial charge is 0.432 e. The normalized spacial score (nSPS) is 23.2. The maximum Gasteiger partial charge on any atom is 0.387 e. The lowest BCUT2D eigenvalue weighted by Gasteiger charge is -2.39. The molecule has 1 fully saturated rings. The highest BCUT2D eigenvalue weighted by Crippen LogP contribution is 2.36. The van der Waals surface area contributed by atoms with E-state index in [-0.39, 0.29) is 11.7 Å². The highest BCUT2D eigenvalue weighted by atomic mass is 32.2. The first-order valence-electron chi connectivity index (χ1n) is 6.32. The summed E-state index contributed by atoms with van der Waals surface area (Å²) in [5.41, 5.74) is 6.60. The number of alkyl halides is 2. The first-order chi connectivity index (χ1) is 9.40. The number of nitrogens with two attached hydrogens (primary N) is 1. The molecule has 20 heavy (non-hydrogen) atoms. The van der Waals surface area contributed by atoms with Crippen molar-refractivity contribution in [1.29, 1.82) is 0 Å². The molecule has 112 valence electrons. The minimum atomic E-state index is -3.06. The number of ether oxygens (including phenoxy) is 1. The van der Waals surface area contributed by atoms with Crippen molar-refractivity contribution in [2.75, 3.05) is 22.9 Å². The van der Waals surface area contributed by atoms with Crippen LogP contribution in [-0.2, 0) is 0 Å². The Kier molecular flexibility index (Phi) is 4.57. The summed E-state index contributed by atoms with van der Waals surface area (Å²) in [6.07, 6.45) is 0. The molecule has 0 bridgehead atoms. The zero-order chi connectivity index (χ0) is 14.9. The molecule has 0 aromatic heterocycles. The summed E-state index contributed by atoms with van der Waals surface area (Å²) in [5.74, 6) is -0.436. The topological polar surface area (TPSA) is 38.5 Å². The van der Waals surface area contributed by atoms with E-state index in [1.807, 2.05) is 23.6 Å². The smallest absolute Gasteiger partial charge is 0.387 e. The third kappa shape index (κ3) is 3.08. The average Bonchev–Trinajstić information content (AvgIpc) is 2.36. The Labute approximate surface area is 120 Å². The number of anilines is 2. The van der Waals surface area contributed by atoms with Crippen molar-refractivity contribution in [2.45, 2.75) is 31.8 Å². The van der Waals surface area contributed by atoms with Crippen LogP contribution >= 0.6 is 11.8 Å². The van der Waals surface area contributed by atoms with E-state index in [1.54, 1.807) is 0 Å². The van der Waals surface area contributed by atoms with Gasteiger partial charge in [-0.3, -0.25) is 0 Å². The van der Waals surface area contributed by atoms with Crippen LogP contribution in [0, 0.1) is 5.82 Å². The Morgan fingerprint density at radius 3 is 2.75 bits per heavy atom. The molecule has 0 saturated carbocycles. The van der Waals surface area contributed by atoms with E-state index < -0.39 is 18.2 Å². The summed E-state index contributed by atoms with van der Waals surface area (Å²) >= 11 is 1.84. The predicted octanol–water partition coefficient (Wildman–Crippen LogP) is 3.34. The summed E-state index contributed by atoms with van der Waals surface area (Å²) in [4.78, 5) is 2.01. The van der Waals surface area contributed by atoms with Gasteiger partial charge in [-0.1, -0.05) is 6.92 Å². The van der Waals surface area contributed by atoms with Crippen molar-refractivity contribution in [3.8, 4) is 5.75 Å². The van der Waals surface area contributed by atoms with Gasteiger partial charge in [0.25, 0.3) is 0 Å². The SMILES string of the molecule is CC1SCCN(c2cc(OC(F)F)c(F)cc2N)C1C. The van der Waals surface area contributed by atoms with Crippen molar-refractivity contribution in [2.24, 2.45) is 0 Å². The molecule has 2 N–H and O–H groups in total. The lowest BCUT2D eigenvalue weighted by molar-refractivity contribution is -0.0521. The van der Waals surface area contributed by atoms with Gasteiger partial charge >= 0.3 is 6.61 Å². The standard InChI is InChI=1S/C13H17F3N2OS/c1-7-8(2)20-4-3-18(7)11-6-12(19-13(15)16)9(14)5-10(11)17/h5-8,13H,3-4,17H2,1-2H3. The molecular weight excluding hydrogens is 289 g/mol. The van der Waals surface area contributed by atoms with E-state index in [0.29, 0.717) is 10.9 Å². The minimum Gasteiger partial charge on any atom is -0.432 e. The van der Waals surface area contributed by atoms with E-state index in [9.17, 15) is 13.2 Å². The number of benzene rings is 1. The lowest BCUT2D eigenvalue weighted by Crippen LogP contribution is -2.45. The third-order valence-electron chi connectivity index (χ3n) is 3.49. The molecule has 1 aliphatic heterocycles. The summed E-state index contributed by atoms with van der Waals surface area (Å²) in [6, 6.07) is 2.48. The molecule has 1 saturated heterocycles. The van der Waals surface area contributed by atoms with Crippen LogP contribution in [0.1, 0.15) is 13.8 Å². The molecule has 1 heterocycles. The van der Waals surface area contributed by atoms with Crippen molar-refractivity contribution in [3.05, 3.63) is 17.9 Å². The number of thioether (sulfide) groups is 1. The van der Waals surface area contributed by atoms with Crippen molar-refractivity contribution in [3.63, 3.8) is 0 Å². The second-order valence-corrected chi connectivity index (χ2v) is 6.22. The average molecular weight is 306 g/mol. The van der Waals surface area contributed by atoms with Crippen LogP contribution in [-0.4, -0.2) is 30.2 Å². The molecule has 0 aliphatic carbocycles. The zero-order valence-corrected chi connectivity index (χ0v) is 12.1. The van der Waals surface area contributed by atoms with E-state index in [4.69, 9.17) is 5.73 Å². The van der Waals surface area contributed by atoms with Crippen LogP contribution in [0.4, 0.5) is 24.5 Å². The maximum atomic E-state index is 13.6. The molecular formula is C13H17F3N2OS. The van der Waals surface area contributed by atoms with Gasteiger partial charge in [0.15, 0.2) is 11.6 Å². The number of nitrogen functional groups attached to an aromatic ring is 1. The van der Waals surface area contributed by atoms with E-state index >= 15 is 0 Å². The Bertz CT molecular complexity index is 487. The maximum absolute atomic E-state index is 13.6. The highest BCUT2D eigenvalue weighted by molar-refractivity contribution is 8.00. The van der Waals surface area contributed by atoms with Gasteiger partial charge in [-0.15, -0.1) is 0 Å². The molecule has 1 aromatic rings. The van der Waals surface area contributed by atoms with Crippen LogP contribution < -0.4 is 15.4 Å². The summed E-state index contributed by atoms with van der Waals surface area (Å²) in [5, 5.41) is 0.382. The molecule has 3 nitrogen and oxygen atoms in total. The van der Waals surface area contributed by atoms with Crippen LogP contribution in [0.15, 0.2) is 12.1 Å². The number of nitrogens with zero attached hydrogens (tertiary/aromatic N) is 1. The second kappa shape index (κ2) is 6.03. The number of halogens is 3. The lowest BCUT2D eigenvalue weighted by atomic mass is 10.1. The quantitative estimate of drug-likeness (QED) is 0.869. The molecule has 0 spiro atoms.